The van der Waals surface area contributed by atoms with Crippen LogP contribution in [0.15, 0.2) is 48.5 Å². The second kappa shape index (κ2) is 11.4. The molecule has 7 heteroatoms. The van der Waals surface area contributed by atoms with Crippen LogP contribution in [0, 0.1) is 0 Å². The zero-order chi connectivity index (χ0) is 24.8. The highest BCUT2D eigenvalue weighted by Gasteiger charge is 2.35. The molecule has 186 valence electrons. The fourth-order valence-corrected chi connectivity index (χ4v) is 5.28. The third-order valence-electron chi connectivity index (χ3n) is 7.10. The summed E-state index contributed by atoms with van der Waals surface area (Å²) in [7, 11) is 0. The van der Waals surface area contributed by atoms with Gasteiger partial charge in [-0.05, 0) is 41.5 Å². The second-order valence-electron chi connectivity index (χ2n) is 9.40. The van der Waals surface area contributed by atoms with Crippen LogP contribution >= 0.6 is 0 Å². The maximum Gasteiger partial charge on any atom is 0.407 e. The lowest BCUT2D eigenvalue weighted by atomic mass is 9.98. The van der Waals surface area contributed by atoms with E-state index in [0.29, 0.717) is 19.4 Å². The molecule has 2 N–H and O–H groups in total. The van der Waals surface area contributed by atoms with Gasteiger partial charge in [-0.25, -0.2) is 9.59 Å². The molecule has 1 unspecified atom stereocenters. The summed E-state index contributed by atoms with van der Waals surface area (Å²) in [4.78, 5) is 39.5. The van der Waals surface area contributed by atoms with Gasteiger partial charge >= 0.3 is 12.1 Å². The van der Waals surface area contributed by atoms with Gasteiger partial charge in [0.2, 0.25) is 5.91 Å². The number of carboxylic acid groups (broad SMARTS) is 1. The highest BCUT2D eigenvalue weighted by atomic mass is 16.5. The SMILES string of the molecule is CCCC[C@H](NC(=O)OCC1c2ccccc2-c2ccccc21)C(=O)N1CCCCCC1C(=O)O. The third-order valence-corrected chi connectivity index (χ3v) is 7.10. The molecule has 2 atom stereocenters. The fraction of sp³-hybridized carbons (Fsp3) is 0.464. The van der Waals surface area contributed by atoms with Crippen LogP contribution in [-0.2, 0) is 14.3 Å². The Morgan fingerprint density at radius 1 is 1.03 bits per heavy atom. The summed E-state index contributed by atoms with van der Waals surface area (Å²) in [5, 5.41) is 12.4. The molecule has 2 amide bonds. The molecular formula is C28H34N2O5. The van der Waals surface area contributed by atoms with Gasteiger partial charge in [0.25, 0.3) is 0 Å². The molecule has 1 aliphatic carbocycles. The zero-order valence-corrected chi connectivity index (χ0v) is 20.2. The number of nitrogens with one attached hydrogen (secondary N) is 1. The van der Waals surface area contributed by atoms with Gasteiger partial charge in [-0.1, -0.05) is 81.1 Å². The molecule has 0 saturated carbocycles. The molecule has 1 heterocycles. The molecule has 0 aromatic heterocycles. The molecule has 0 spiro atoms. The number of nitrogens with zero attached hydrogens (tertiary/aromatic N) is 1. The Morgan fingerprint density at radius 3 is 2.31 bits per heavy atom. The summed E-state index contributed by atoms with van der Waals surface area (Å²) in [6.07, 6.45) is 4.27. The number of unbranched alkanes of at least 4 members (excludes halogenated alkanes) is 1. The van der Waals surface area contributed by atoms with Crippen molar-refractivity contribution >= 4 is 18.0 Å². The van der Waals surface area contributed by atoms with Crippen molar-refractivity contribution in [1.29, 1.82) is 0 Å². The van der Waals surface area contributed by atoms with Gasteiger partial charge in [0.05, 0.1) is 0 Å². The molecule has 7 nitrogen and oxygen atoms in total. The number of carbonyl (C=O) groups is 3. The highest BCUT2D eigenvalue weighted by molar-refractivity contribution is 5.89. The van der Waals surface area contributed by atoms with Crippen LogP contribution in [0.2, 0.25) is 0 Å². The van der Waals surface area contributed by atoms with E-state index in [-0.39, 0.29) is 18.4 Å². The van der Waals surface area contributed by atoms with Crippen molar-refractivity contribution in [3.8, 4) is 11.1 Å². The van der Waals surface area contributed by atoms with Gasteiger partial charge in [-0.3, -0.25) is 4.79 Å². The molecule has 0 bridgehead atoms. The van der Waals surface area contributed by atoms with Crippen LogP contribution in [-0.4, -0.2) is 53.2 Å². The number of amides is 2. The topological polar surface area (TPSA) is 95.9 Å². The second-order valence-corrected chi connectivity index (χ2v) is 9.40. The van der Waals surface area contributed by atoms with Crippen LogP contribution in [0.3, 0.4) is 0 Å². The number of carbonyl (C=O) groups excluding carboxylic acids is 2. The number of benzene rings is 2. The summed E-state index contributed by atoms with van der Waals surface area (Å²) in [6.45, 7) is 2.57. The van der Waals surface area contributed by atoms with E-state index in [1.807, 2.05) is 31.2 Å². The van der Waals surface area contributed by atoms with Crippen LogP contribution < -0.4 is 5.32 Å². The lowest BCUT2D eigenvalue weighted by Gasteiger charge is -2.31. The number of hydrogen-bond donors (Lipinski definition) is 2. The molecular weight excluding hydrogens is 444 g/mol. The number of carboxylic acids is 1. The van der Waals surface area contributed by atoms with E-state index in [4.69, 9.17) is 4.74 Å². The van der Waals surface area contributed by atoms with Gasteiger partial charge in [-0.15, -0.1) is 0 Å². The van der Waals surface area contributed by atoms with Crippen molar-refractivity contribution in [1.82, 2.24) is 10.2 Å². The molecule has 4 rings (SSSR count). The standard InChI is InChI=1S/C28H34N2O5/c1-2-3-15-24(26(31)30-17-10-4-5-16-25(30)27(32)33)29-28(34)35-18-23-21-13-8-6-11-19(21)20-12-7-9-14-22(20)23/h6-9,11-14,23-25H,2-5,10,15-18H2,1H3,(H,29,34)(H,32,33)/t24-,25?/m0/s1. The molecule has 1 saturated heterocycles. The average Bonchev–Trinajstić information content (AvgIpc) is 3.00. The Hall–Kier alpha value is -3.35. The summed E-state index contributed by atoms with van der Waals surface area (Å²) in [6, 6.07) is 14.6. The van der Waals surface area contributed by atoms with Crippen LogP contribution in [0.5, 0.6) is 0 Å². The number of ether oxygens (including phenoxy) is 1. The van der Waals surface area contributed by atoms with Gasteiger partial charge < -0.3 is 20.1 Å². The lowest BCUT2D eigenvalue weighted by Crippen LogP contribution is -2.53. The monoisotopic (exact) mass is 478 g/mol. The van der Waals surface area contributed by atoms with E-state index in [2.05, 4.69) is 29.6 Å². The van der Waals surface area contributed by atoms with Crippen molar-refractivity contribution in [2.75, 3.05) is 13.2 Å². The van der Waals surface area contributed by atoms with Gasteiger partial charge in [0.15, 0.2) is 0 Å². The molecule has 2 aliphatic rings. The van der Waals surface area contributed by atoms with E-state index in [9.17, 15) is 19.5 Å². The van der Waals surface area contributed by atoms with E-state index in [1.54, 1.807) is 0 Å². The predicted octanol–water partition coefficient (Wildman–Crippen LogP) is 4.94. The van der Waals surface area contributed by atoms with Gasteiger partial charge in [-0.2, -0.15) is 0 Å². The quantitative estimate of drug-likeness (QED) is 0.560. The molecule has 2 aromatic rings. The Kier molecular flexibility index (Phi) is 8.06. The number of alkyl carbamates (subject to hydrolysis) is 1. The molecule has 35 heavy (non-hydrogen) atoms. The predicted molar refractivity (Wildman–Crippen MR) is 133 cm³/mol. The Labute approximate surface area is 206 Å². The summed E-state index contributed by atoms with van der Waals surface area (Å²) < 4.78 is 5.65. The molecule has 1 fully saturated rings. The summed E-state index contributed by atoms with van der Waals surface area (Å²) in [5.41, 5.74) is 4.53. The van der Waals surface area contributed by atoms with Gasteiger partial charge in [0, 0.05) is 12.5 Å². The Bertz CT molecular complexity index is 1020. The van der Waals surface area contributed by atoms with E-state index >= 15 is 0 Å². The maximum atomic E-state index is 13.4. The smallest absolute Gasteiger partial charge is 0.407 e. The van der Waals surface area contributed by atoms with Crippen molar-refractivity contribution in [3.63, 3.8) is 0 Å². The molecule has 2 aromatic carbocycles. The van der Waals surface area contributed by atoms with Crippen molar-refractivity contribution in [3.05, 3.63) is 59.7 Å². The normalized spacial score (nSPS) is 18.2. The number of hydrogen-bond acceptors (Lipinski definition) is 4. The van der Waals surface area contributed by atoms with Crippen molar-refractivity contribution < 1.29 is 24.2 Å². The first kappa shape index (κ1) is 24.8. The van der Waals surface area contributed by atoms with E-state index < -0.39 is 24.1 Å². The zero-order valence-electron chi connectivity index (χ0n) is 20.2. The Morgan fingerprint density at radius 2 is 1.69 bits per heavy atom. The third kappa shape index (κ3) is 5.50. The summed E-state index contributed by atoms with van der Waals surface area (Å²) in [5.74, 6) is -1.39. The molecule has 1 aliphatic heterocycles. The van der Waals surface area contributed by atoms with E-state index in [0.717, 1.165) is 54.4 Å². The van der Waals surface area contributed by atoms with Crippen molar-refractivity contribution in [2.24, 2.45) is 0 Å². The first-order valence-electron chi connectivity index (χ1n) is 12.7. The molecule has 0 radical (unpaired) electrons. The lowest BCUT2D eigenvalue weighted by molar-refractivity contribution is -0.151. The maximum absolute atomic E-state index is 13.4. The first-order chi connectivity index (χ1) is 17.0. The van der Waals surface area contributed by atoms with Crippen molar-refractivity contribution in [2.45, 2.75) is 69.9 Å². The summed E-state index contributed by atoms with van der Waals surface area (Å²) >= 11 is 0. The fourth-order valence-electron chi connectivity index (χ4n) is 5.28. The van der Waals surface area contributed by atoms with Gasteiger partial charge in [0.1, 0.15) is 18.7 Å². The number of aliphatic carboxylic acids is 1. The first-order valence-corrected chi connectivity index (χ1v) is 12.7. The minimum atomic E-state index is -0.990. The number of fused-ring (bicyclic) bond motifs is 3. The number of rotatable bonds is 8. The van der Waals surface area contributed by atoms with E-state index in [1.165, 1.54) is 4.90 Å². The Balaban J connectivity index is 1.45. The largest absolute Gasteiger partial charge is 0.480 e. The van der Waals surface area contributed by atoms with Crippen LogP contribution in [0.1, 0.15) is 68.9 Å². The minimum absolute atomic E-state index is 0.0695. The highest BCUT2D eigenvalue weighted by Crippen LogP contribution is 2.44. The van der Waals surface area contributed by atoms with Crippen LogP contribution in [0.25, 0.3) is 11.1 Å². The average molecular weight is 479 g/mol. The number of likely N-dealkylation sites (tertiary alicyclic amines) is 1. The minimum Gasteiger partial charge on any atom is -0.480 e. The van der Waals surface area contributed by atoms with Crippen LogP contribution in [0.4, 0.5) is 4.79 Å².